The minimum atomic E-state index is -0.391. The van der Waals surface area contributed by atoms with Crippen molar-refractivity contribution < 1.29 is 18.8 Å². The van der Waals surface area contributed by atoms with E-state index in [0.29, 0.717) is 24.8 Å². The Kier molecular flexibility index (Phi) is 6.16. The van der Waals surface area contributed by atoms with E-state index in [0.717, 1.165) is 16.8 Å². The lowest BCUT2D eigenvalue weighted by molar-refractivity contribution is 0.00578. The average molecular weight is 389 g/mol. The quantitative estimate of drug-likeness (QED) is 0.525. The molecule has 0 N–H and O–H groups in total. The van der Waals surface area contributed by atoms with Crippen LogP contribution in [0, 0.1) is 0 Å². The van der Waals surface area contributed by atoms with Crippen LogP contribution in [0.4, 0.5) is 0 Å². The lowest BCUT2D eigenvalue weighted by atomic mass is 9.79. The van der Waals surface area contributed by atoms with E-state index in [2.05, 4.69) is 0 Å². The van der Waals surface area contributed by atoms with Crippen molar-refractivity contribution in [3.05, 3.63) is 59.1 Å². The molecule has 2 aromatic carbocycles. The van der Waals surface area contributed by atoms with E-state index in [4.69, 9.17) is 30.4 Å². The number of ether oxygens (including phenoxy) is 2. The number of benzene rings is 2. The molecule has 144 valence electrons. The van der Waals surface area contributed by atoms with Gasteiger partial charge in [0.05, 0.1) is 24.4 Å². The van der Waals surface area contributed by atoms with Crippen LogP contribution in [0.1, 0.15) is 33.3 Å². The molecular weight excluding hydrogens is 362 g/mol. The molecule has 27 heavy (non-hydrogen) atoms. The fourth-order valence-electron chi connectivity index (χ4n) is 2.77. The third kappa shape index (κ3) is 5.05. The van der Waals surface area contributed by atoms with Crippen molar-refractivity contribution in [2.24, 2.45) is 0 Å². The highest BCUT2D eigenvalue weighted by atomic mass is 35.5. The van der Waals surface area contributed by atoms with Crippen molar-refractivity contribution in [3.63, 3.8) is 0 Å². The van der Waals surface area contributed by atoms with Crippen LogP contribution in [0.5, 0.6) is 5.75 Å². The first kappa shape index (κ1) is 20.2. The largest absolute Gasteiger partial charge is 0.494 e. The van der Waals surface area contributed by atoms with E-state index in [1.165, 1.54) is 0 Å². The van der Waals surface area contributed by atoms with E-state index in [1.54, 1.807) is 0 Å². The van der Waals surface area contributed by atoms with Crippen molar-refractivity contribution in [3.8, 4) is 5.75 Å². The lowest BCUT2D eigenvalue weighted by Gasteiger charge is -2.32. The third-order valence-electron chi connectivity index (χ3n) is 5.04. The van der Waals surface area contributed by atoms with Gasteiger partial charge in [-0.25, -0.2) is 0 Å². The second-order valence-electron chi connectivity index (χ2n) is 7.69. The monoisotopic (exact) mass is 388 g/mol. The van der Waals surface area contributed by atoms with Gasteiger partial charge < -0.3 is 18.8 Å². The molecule has 1 saturated heterocycles. The molecule has 0 aromatic heterocycles. The number of hydrogen-bond acceptors (Lipinski definition) is 4. The van der Waals surface area contributed by atoms with Crippen LogP contribution >= 0.6 is 11.6 Å². The molecule has 0 radical (unpaired) electrons. The Morgan fingerprint density at radius 2 is 1.63 bits per heavy atom. The van der Waals surface area contributed by atoms with Crippen molar-refractivity contribution >= 4 is 24.2 Å². The Hall–Kier alpha value is -1.53. The summed E-state index contributed by atoms with van der Waals surface area (Å²) in [5.41, 5.74) is 1.28. The van der Waals surface area contributed by atoms with Crippen molar-refractivity contribution in [2.45, 2.75) is 45.5 Å². The number of halogens is 1. The zero-order chi connectivity index (χ0) is 19.5. The van der Waals surface area contributed by atoms with Gasteiger partial charge in [0.2, 0.25) is 0 Å². The van der Waals surface area contributed by atoms with Gasteiger partial charge in [0.25, 0.3) is 0 Å². The first-order valence-electron chi connectivity index (χ1n) is 9.17. The van der Waals surface area contributed by atoms with Crippen molar-refractivity contribution in [2.75, 3.05) is 13.2 Å². The Labute approximate surface area is 166 Å². The van der Waals surface area contributed by atoms with E-state index in [1.807, 2.05) is 76.2 Å². The number of rotatable bonds is 7. The van der Waals surface area contributed by atoms with Crippen LogP contribution in [0.3, 0.4) is 0 Å². The summed E-state index contributed by atoms with van der Waals surface area (Å²) in [4.78, 5) is 0. The molecule has 0 bridgehead atoms. The van der Waals surface area contributed by atoms with Crippen LogP contribution in [-0.4, -0.2) is 31.5 Å². The molecule has 6 heteroatoms. The summed E-state index contributed by atoms with van der Waals surface area (Å²) in [5.74, 6) is 0.772. The van der Waals surface area contributed by atoms with Gasteiger partial charge in [-0.2, -0.15) is 0 Å². The zero-order valence-corrected chi connectivity index (χ0v) is 17.1. The molecule has 0 saturated carbocycles. The van der Waals surface area contributed by atoms with Crippen LogP contribution in [-0.2, 0) is 20.7 Å². The summed E-state index contributed by atoms with van der Waals surface area (Å²) in [6.45, 7) is 9.66. The van der Waals surface area contributed by atoms with Gasteiger partial charge in [-0.15, -0.1) is 0 Å². The smallest absolute Gasteiger partial charge is 0.491 e. The molecule has 1 fully saturated rings. The van der Waals surface area contributed by atoms with E-state index < -0.39 is 7.12 Å². The van der Waals surface area contributed by atoms with Crippen molar-refractivity contribution in [1.29, 1.82) is 0 Å². The van der Waals surface area contributed by atoms with Crippen LogP contribution < -0.4 is 10.2 Å². The van der Waals surface area contributed by atoms with Gasteiger partial charge in [-0.3, -0.25) is 0 Å². The topological polar surface area (TPSA) is 36.9 Å². The molecule has 1 aliphatic heterocycles. The van der Waals surface area contributed by atoms with Gasteiger partial charge >= 0.3 is 7.12 Å². The highest BCUT2D eigenvalue weighted by molar-refractivity contribution is 6.62. The zero-order valence-electron chi connectivity index (χ0n) is 16.3. The second kappa shape index (κ2) is 8.23. The van der Waals surface area contributed by atoms with Gasteiger partial charge in [-0.05, 0) is 63.0 Å². The molecule has 3 rings (SSSR count). The highest BCUT2D eigenvalue weighted by Gasteiger charge is 2.51. The Balaban J connectivity index is 1.48. The maximum absolute atomic E-state index is 6.09. The molecule has 4 nitrogen and oxygen atoms in total. The maximum atomic E-state index is 6.09. The van der Waals surface area contributed by atoms with E-state index >= 15 is 0 Å². The standard InChI is InChI=1S/C21H26BClO4/c1-20(2)21(3,4)27-22(26-20)17-8-6-10-19(14-17)25-12-11-24-15-16-7-5-9-18(23)13-16/h5-10,13-14H,11-12,15H2,1-4H3. The number of hydrogen-bond donors (Lipinski definition) is 0. The first-order valence-corrected chi connectivity index (χ1v) is 9.55. The second-order valence-corrected chi connectivity index (χ2v) is 8.13. The van der Waals surface area contributed by atoms with E-state index in [-0.39, 0.29) is 11.2 Å². The molecule has 0 aliphatic carbocycles. The Morgan fingerprint density at radius 3 is 2.33 bits per heavy atom. The van der Waals surface area contributed by atoms with Crippen LogP contribution in [0.25, 0.3) is 0 Å². The minimum absolute atomic E-state index is 0.358. The summed E-state index contributed by atoms with van der Waals surface area (Å²) < 4.78 is 23.6. The minimum Gasteiger partial charge on any atom is -0.491 e. The van der Waals surface area contributed by atoms with Crippen LogP contribution in [0.2, 0.25) is 5.02 Å². The van der Waals surface area contributed by atoms with Gasteiger partial charge in [0.15, 0.2) is 0 Å². The predicted octanol–water partition coefficient (Wildman–Crippen LogP) is 4.23. The van der Waals surface area contributed by atoms with E-state index in [9.17, 15) is 0 Å². The van der Waals surface area contributed by atoms with Gasteiger partial charge in [-0.1, -0.05) is 35.9 Å². The average Bonchev–Trinajstić information content (AvgIpc) is 2.83. The lowest BCUT2D eigenvalue weighted by Crippen LogP contribution is -2.41. The van der Waals surface area contributed by atoms with Gasteiger partial charge in [0, 0.05) is 5.02 Å². The first-order chi connectivity index (χ1) is 12.8. The fraction of sp³-hybridized carbons (Fsp3) is 0.429. The van der Waals surface area contributed by atoms with Gasteiger partial charge in [0.1, 0.15) is 12.4 Å². The third-order valence-corrected chi connectivity index (χ3v) is 5.27. The normalized spacial score (nSPS) is 17.9. The summed E-state index contributed by atoms with van der Waals surface area (Å²) in [5, 5.41) is 0.715. The molecule has 0 unspecified atom stereocenters. The highest BCUT2D eigenvalue weighted by Crippen LogP contribution is 2.36. The Morgan fingerprint density at radius 1 is 0.926 bits per heavy atom. The summed E-state index contributed by atoms with van der Waals surface area (Å²) in [7, 11) is -0.391. The fourth-order valence-corrected chi connectivity index (χ4v) is 2.98. The molecule has 2 aromatic rings. The molecule has 1 aliphatic rings. The van der Waals surface area contributed by atoms with Crippen LogP contribution in [0.15, 0.2) is 48.5 Å². The molecule has 0 spiro atoms. The maximum Gasteiger partial charge on any atom is 0.494 e. The molecule has 0 atom stereocenters. The summed E-state index contributed by atoms with van der Waals surface area (Å²) >= 11 is 5.97. The molecule has 0 amide bonds. The molecule has 1 heterocycles. The summed E-state index contributed by atoms with van der Waals surface area (Å²) in [6.07, 6.45) is 0. The predicted molar refractivity (Wildman–Crippen MR) is 109 cm³/mol. The SMILES string of the molecule is CC1(C)OB(c2cccc(OCCOCc3cccc(Cl)c3)c2)OC1(C)C. The van der Waals surface area contributed by atoms with Crippen molar-refractivity contribution in [1.82, 2.24) is 0 Å². The molecular formula is C21H26BClO4. The summed E-state index contributed by atoms with van der Waals surface area (Å²) in [6, 6.07) is 15.5. The Bertz CT molecular complexity index is 762.